The van der Waals surface area contributed by atoms with E-state index in [0.717, 1.165) is 24.0 Å². The largest absolute Gasteiger partial charge is 0.504 e. The Balaban J connectivity index is 1.40. The lowest BCUT2D eigenvalue weighted by Gasteiger charge is -2.23. The van der Waals surface area contributed by atoms with Gasteiger partial charge < -0.3 is 24.8 Å². The number of urea groups is 1. The van der Waals surface area contributed by atoms with Gasteiger partial charge in [0, 0.05) is 18.7 Å². The van der Waals surface area contributed by atoms with Crippen LogP contribution < -0.4 is 14.8 Å². The molecule has 4 rings (SSSR count). The molecule has 3 aromatic rings. The normalized spacial score (nSPS) is 12.8. The zero-order chi connectivity index (χ0) is 21.8. The fourth-order valence-electron chi connectivity index (χ4n) is 3.21. The minimum atomic E-state index is -0.191. The number of phenols is 1. The number of hydrogen-bond donors (Lipinski definition) is 2. The number of nitrogens with one attached hydrogen (secondary N) is 1. The maximum absolute atomic E-state index is 12.9. The van der Waals surface area contributed by atoms with Crippen LogP contribution in [0.4, 0.5) is 10.5 Å². The number of pyridine rings is 1. The summed E-state index contributed by atoms with van der Waals surface area (Å²) in [4.78, 5) is 19.0. The highest BCUT2D eigenvalue weighted by Crippen LogP contribution is 2.32. The molecule has 0 radical (unpaired) electrons. The summed E-state index contributed by atoms with van der Waals surface area (Å²) in [5.74, 6) is 1.63. The van der Waals surface area contributed by atoms with Gasteiger partial charge in [-0.05, 0) is 55.7 Å². The smallest absolute Gasteiger partial charge is 0.322 e. The molecular formula is C24H25N3O4. The molecule has 160 valence electrons. The Morgan fingerprint density at radius 2 is 1.94 bits per heavy atom. The molecule has 1 aliphatic carbocycles. The van der Waals surface area contributed by atoms with Crippen LogP contribution in [0.15, 0.2) is 60.8 Å². The third-order valence-electron chi connectivity index (χ3n) is 5.08. The zero-order valence-corrected chi connectivity index (χ0v) is 17.5. The number of anilines is 1. The number of rotatable bonds is 7. The van der Waals surface area contributed by atoms with E-state index >= 15 is 0 Å². The van der Waals surface area contributed by atoms with Gasteiger partial charge >= 0.3 is 6.03 Å². The first-order valence-corrected chi connectivity index (χ1v) is 10.2. The second-order valence-electron chi connectivity index (χ2n) is 7.60. The lowest BCUT2D eigenvalue weighted by molar-refractivity contribution is 0.206. The minimum absolute atomic E-state index is 0.0766. The van der Waals surface area contributed by atoms with Gasteiger partial charge in [-0.3, -0.25) is 0 Å². The van der Waals surface area contributed by atoms with Gasteiger partial charge in [0.1, 0.15) is 5.75 Å². The van der Waals surface area contributed by atoms with Gasteiger partial charge in [0.05, 0.1) is 19.0 Å². The van der Waals surface area contributed by atoms with Crippen molar-refractivity contribution in [3.05, 3.63) is 71.9 Å². The molecule has 7 heteroatoms. The second kappa shape index (κ2) is 8.95. The lowest BCUT2D eigenvalue weighted by Crippen LogP contribution is -2.36. The standard InChI is InChI=1S/C24H25N3O4/c1-16-3-9-20(10-4-16)31-23-12-6-18(14-25-23)26-24(29)27(19-7-8-19)15-17-5-11-21(28)22(13-17)30-2/h3-6,9-14,19,28H,7-8,15H2,1-2H3,(H,26,29). The van der Waals surface area contributed by atoms with E-state index in [1.54, 1.807) is 41.4 Å². The molecule has 2 amide bonds. The Labute approximate surface area is 181 Å². The van der Waals surface area contributed by atoms with Crippen molar-refractivity contribution in [3.63, 3.8) is 0 Å². The second-order valence-corrected chi connectivity index (χ2v) is 7.60. The number of nitrogens with zero attached hydrogens (tertiary/aromatic N) is 2. The van der Waals surface area contributed by atoms with E-state index in [1.807, 2.05) is 31.2 Å². The number of aromatic hydroxyl groups is 1. The topological polar surface area (TPSA) is 83.9 Å². The Morgan fingerprint density at radius 1 is 1.16 bits per heavy atom. The number of phenolic OH excluding ortho intramolecular Hbond substituents is 1. The van der Waals surface area contributed by atoms with Crippen molar-refractivity contribution >= 4 is 11.7 Å². The molecule has 7 nitrogen and oxygen atoms in total. The van der Waals surface area contributed by atoms with Crippen molar-refractivity contribution in [2.24, 2.45) is 0 Å². The van der Waals surface area contributed by atoms with Gasteiger partial charge in [-0.25, -0.2) is 9.78 Å². The Bertz CT molecular complexity index is 1050. The lowest BCUT2D eigenvalue weighted by atomic mass is 10.2. The maximum Gasteiger partial charge on any atom is 0.322 e. The molecule has 1 aliphatic rings. The van der Waals surface area contributed by atoms with Crippen molar-refractivity contribution in [3.8, 4) is 23.1 Å². The molecular weight excluding hydrogens is 394 g/mol. The van der Waals surface area contributed by atoms with Crippen LogP contribution in [0.25, 0.3) is 0 Å². The molecule has 0 spiro atoms. The van der Waals surface area contributed by atoms with Crippen LogP contribution in [0.2, 0.25) is 0 Å². The van der Waals surface area contributed by atoms with Crippen LogP contribution in [-0.2, 0) is 6.54 Å². The number of carbonyl (C=O) groups is 1. The molecule has 31 heavy (non-hydrogen) atoms. The molecule has 0 unspecified atom stereocenters. The molecule has 1 heterocycles. The van der Waals surface area contributed by atoms with Crippen molar-refractivity contribution < 1.29 is 19.4 Å². The number of ether oxygens (including phenoxy) is 2. The SMILES string of the molecule is COc1cc(CN(C(=O)Nc2ccc(Oc3ccc(C)cc3)nc2)C2CC2)ccc1O. The summed E-state index contributed by atoms with van der Waals surface area (Å²) in [7, 11) is 1.50. The minimum Gasteiger partial charge on any atom is -0.504 e. The summed E-state index contributed by atoms with van der Waals surface area (Å²) in [5.41, 5.74) is 2.64. The Kier molecular flexibility index (Phi) is 5.93. The summed E-state index contributed by atoms with van der Waals surface area (Å²) in [6.07, 6.45) is 3.53. The van der Waals surface area contributed by atoms with E-state index in [0.29, 0.717) is 29.6 Å². The quantitative estimate of drug-likeness (QED) is 0.557. The summed E-state index contributed by atoms with van der Waals surface area (Å²) >= 11 is 0. The fourth-order valence-corrected chi connectivity index (χ4v) is 3.21. The van der Waals surface area contributed by atoms with Gasteiger partial charge in [0.15, 0.2) is 11.5 Å². The fraction of sp³-hybridized carbons (Fsp3) is 0.250. The summed E-state index contributed by atoms with van der Waals surface area (Å²) in [6, 6.07) is 16.3. The predicted molar refractivity (Wildman–Crippen MR) is 118 cm³/mol. The number of carbonyl (C=O) groups excluding carboxylic acids is 1. The van der Waals surface area contributed by atoms with Crippen molar-refractivity contribution in [1.82, 2.24) is 9.88 Å². The van der Waals surface area contributed by atoms with Gasteiger partial charge in [0.2, 0.25) is 5.88 Å². The molecule has 0 saturated heterocycles. The molecule has 1 saturated carbocycles. The Hall–Kier alpha value is -3.74. The van der Waals surface area contributed by atoms with E-state index in [9.17, 15) is 9.90 Å². The number of aryl methyl sites for hydroxylation is 1. The average molecular weight is 419 g/mol. The van der Waals surface area contributed by atoms with E-state index in [-0.39, 0.29) is 17.8 Å². The van der Waals surface area contributed by atoms with Crippen molar-refractivity contribution in [2.75, 3.05) is 12.4 Å². The van der Waals surface area contributed by atoms with Crippen LogP contribution in [0.3, 0.4) is 0 Å². The first kappa shape index (κ1) is 20.5. The van der Waals surface area contributed by atoms with Crippen molar-refractivity contribution in [2.45, 2.75) is 32.4 Å². The monoisotopic (exact) mass is 419 g/mol. The van der Waals surface area contributed by atoms with E-state index in [1.165, 1.54) is 7.11 Å². The molecule has 1 aromatic heterocycles. The average Bonchev–Trinajstić information content (AvgIpc) is 3.61. The van der Waals surface area contributed by atoms with E-state index in [4.69, 9.17) is 9.47 Å². The molecule has 0 atom stereocenters. The van der Waals surface area contributed by atoms with Crippen LogP contribution in [0.1, 0.15) is 24.0 Å². The number of amides is 2. The van der Waals surface area contributed by atoms with E-state index < -0.39 is 0 Å². The van der Waals surface area contributed by atoms with Gasteiger partial charge in [-0.15, -0.1) is 0 Å². The van der Waals surface area contributed by atoms with Crippen LogP contribution in [-0.4, -0.2) is 34.2 Å². The summed E-state index contributed by atoms with van der Waals surface area (Å²) < 4.78 is 10.9. The van der Waals surface area contributed by atoms with Crippen molar-refractivity contribution in [1.29, 1.82) is 0 Å². The predicted octanol–water partition coefficient (Wildman–Crippen LogP) is 5.09. The van der Waals surface area contributed by atoms with Crippen LogP contribution in [0, 0.1) is 6.92 Å². The number of benzene rings is 2. The summed E-state index contributed by atoms with van der Waals surface area (Å²) in [6.45, 7) is 2.44. The number of aromatic nitrogens is 1. The first-order chi connectivity index (χ1) is 15.0. The molecule has 0 aliphatic heterocycles. The van der Waals surface area contributed by atoms with Gasteiger partial charge in [-0.1, -0.05) is 23.8 Å². The zero-order valence-electron chi connectivity index (χ0n) is 17.5. The highest BCUT2D eigenvalue weighted by Gasteiger charge is 2.32. The third-order valence-corrected chi connectivity index (χ3v) is 5.08. The molecule has 1 fully saturated rings. The molecule has 0 bridgehead atoms. The number of methoxy groups -OCH3 is 1. The molecule has 2 N–H and O–H groups in total. The third kappa shape index (κ3) is 5.25. The van der Waals surface area contributed by atoms with Gasteiger partial charge in [0.25, 0.3) is 0 Å². The maximum atomic E-state index is 12.9. The summed E-state index contributed by atoms with van der Waals surface area (Å²) in [5, 5.41) is 12.7. The first-order valence-electron chi connectivity index (χ1n) is 10.2. The van der Waals surface area contributed by atoms with Crippen LogP contribution in [0.5, 0.6) is 23.1 Å². The Morgan fingerprint density at radius 3 is 2.58 bits per heavy atom. The van der Waals surface area contributed by atoms with Crippen LogP contribution >= 0.6 is 0 Å². The van der Waals surface area contributed by atoms with Gasteiger partial charge in [-0.2, -0.15) is 0 Å². The highest BCUT2D eigenvalue weighted by atomic mass is 16.5. The van der Waals surface area contributed by atoms with E-state index in [2.05, 4.69) is 10.3 Å². The highest BCUT2D eigenvalue weighted by molar-refractivity contribution is 5.89. The molecule has 2 aromatic carbocycles. The number of hydrogen-bond acceptors (Lipinski definition) is 5.